The molecule has 0 saturated carbocycles. The van der Waals surface area contributed by atoms with Crippen LogP contribution in [0.4, 0.5) is 30.7 Å². The molecule has 0 aromatic rings. The molecule has 1 aliphatic rings. The van der Waals surface area contributed by atoms with Gasteiger partial charge in [0.05, 0.1) is 29.5 Å². The summed E-state index contributed by atoms with van der Waals surface area (Å²) in [6.07, 6.45) is -2.62. The van der Waals surface area contributed by atoms with E-state index in [9.17, 15) is 30.7 Å². The molecular formula is C7F7-. The van der Waals surface area contributed by atoms with Gasteiger partial charge in [-0.25, -0.2) is 17.6 Å². The Morgan fingerprint density at radius 1 is 0.571 bits per heavy atom. The van der Waals surface area contributed by atoms with Gasteiger partial charge in [0.1, 0.15) is 11.7 Å². The maximum absolute atomic E-state index is 12.3. The van der Waals surface area contributed by atoms with Crippen LogP contribution in [0, 0.1) is 6.17 Å². The Labute approximate surface area is 73.0 Å². The van der Waals surface area contributed by atoms with Crippen molar-refractivity contribution in [1.29, 1.82) is 0 Å². The van der Waals surface area contributed by atoms with Gasteiger partial charge in [-0.3, -0.25) is 13.2 Å². The molecule has 1 aliphatic carbocycles. The molecule has 0 spiro atoms. The Hall–Kier alpha value is -1.40. The third kappa shape index (κ3) is 1.38. The molecule has 0 aromatic carbocycles. The summed E-state index contributed by atoms with van der Waals surface area (Å²) in [6.45, 7) is 0. The second kappa shape index (κ2) is 3.39. The van der Waals surface area contributed by atoms with Gasteiger partial charge in [0, 0.05) is 0 Å². The summed E-state index contributed by atoms with van der Waals surface area (Å²) < 4.78 is 86.0. The molecule has 1 rings (SSSR count). The molecule has 0 atom stereocenters. The van der Waals surface area contributed by atoms with Crippen LogP contribution < -0.4 is 0 Å². The topological polar surface area (TPSA) is 0 Å². The maximum atomic E-state index is 12.3. The van der Waals surface area contributed by atoms with E-state index < -0.39 is 41.1 Å². The predicted octanol–water partition coefficient (Wildman–Crippen LogP) is 3.95. The normalized spacial score (nSPS) is 19.5. The van der Waals surface area contributed by atoms with Crippen LogP contribution in [0.1, 0.15) is 0 Å². The Bertz CT molecular complexity index is 328. The van der Waals surface area contributed by atoms with Crippen LogP contribution in [-0.2, 0) is 0 Å². The largest absolute Gasteiger partial charge is 0.278 e. The molecule has 0 fully saturated rings. The van der Waals surface area contributed by atoms with Gasteiger partial charge in [0.25, 0.3) is 0 Å². The fraction of sp³-hybridized carbons (Fsp3) is 0. The lowest BCUT2D eigenvalue weighted by Crippen LogP contribution is -1.93. The van der Waals surface area contributed by atoms with E-state index in [1.54, 1.807) is 0 Å². The zero-order valence-electron chi connectivity index (χ0n) is 6.15. The van der Waals surface area contributed by atoms with Crippen molar-refractivity contribution in [3.8, 4) is 0 Å². The molecule has 0 bridgehead atoms. The molecule has 0 heterocycles. The highest BCUT2D eigenvalue weighted by Gasteiger charge is 2.27. The monoisotopic (exact) mass is 217 g/mol. The van der Waals surface area contributed by atoms with Gasteiger partial charge in [-0.2, -0.15) is 0 Å². The van der Waals surface area contributed by atoms with Crippen LogP contribution in [0.15, 0.2) is 35.0 Å². The van der Waals surface area contributed by atoms with Crippen molar-refractivity contribution in [2.24, 2.45) is 0 Å². The molecular weight excluding hydrogens is 217 g/mol. The van der Waals surface area contributed by atoms with E-state index in [0.29, 0.717) is 0 Å². The van der Waals surface area contributed by atoms with Crippen molar-refractivity contribution in [2.75, 3.05) is 0 Å². The second-order valence-corrected chi connectivity index (χ2v) is 2.20. The van der Waals surface area contributed by atoms with E-state index in [1.807, 2.05) is 0 Å². The Kier molecular flexibility index (Phi) is 2.59. The average molecular weight is 217 g/mol. The molecule has 0 aromatic heterocycles. The highest BCUT2D eigenvalue weighted by atomic mass is 19.2. The lowest BCUT2D eigenvalue weighted by molar-refractivity contribution is 0.388. The SMILES string of the molecule is FC1=C(F)C(F)=C(F)[C-](F)C(F)=C1F. The number of halogens is 7. The van der Waals surface area contributed by atoms with Gasteiger partial charge >= 0.3 is 0 Å². The van der Waals surface area contributed by atoms with Crippen LogP contribution in [-0.4, -0.2) is 0 Å². The summed E-state index contributed by atoms with van der Waals surface area (Å²) in [4.78, 5) is 0. The molecule has 0 nitrogen and oxygen atoms in total. The average Bonchev–Trinajstić information content (AvgIpc) is 2.23. The smallest absolute Gasteiger partial charge is 0.133 e. The molecule has 0 N–H and O–H groups in total. The van der Waals surface area contributed by atoms with Crippen molar-refractivity contribution < 1.29 is 30.7 Å². The van der Waals surface area contributed by atoms with Crippen LogP contribution in [0.3, 0.4) is 0 Å². The Morgan fingerprint density at radius 3 is 1.14 bits per heavy atom. The summed E-state index contributed by atoms with van der Waals surface area (Å²) in [7, 11) is 0. The zero-order chi connectivity index (χ0) is 11.0. The van der Waals surface area contributed by atoms with Crippen LogP contribution in [0.25, 0.3) is 0 Å². The van der Waals surface area contributed by atoms with Crippen molar-refractivity contribution in [2.45, 2.75) is 0 Å². The first-order chi connectivity index (χ1) is 6.37. The summed E-state index contributed by atoms with van der Waals surface area (Å²) in [5, 5.41) is 0. The molecule has 7 heteroatoms. The number of allylic oxidation sites excluding steroid dienone is 6. The van der Waals surface area contributed by atoms with E-state index in [0.717, 1.165) is 0 Å². The molecule has 0 saturated heterocycles. The number of hydrogen-bond donors (Lipinski definition) is 0. The minimum atomic E-state index is -2.62. The van der Waals surface area contributed by atoms with Crippen molar-refractivity contribution in [3.05, 3.63) is 41.1 Å². The lowest BCUT2D eigenvalue weighted by atomic mass is 10.3. The first-order valence-electron chi connectivity index (χ1n) is 3.07. The molecule has 0 aliphatic heterocycles. The summed E-state index contributed by atoms with van der Waals surface area (Å²) >= 11 is 0. The van der Waals surface area contributed by atoms with Crippen LogP contribution in [0.2, 0.25) is 0 Å². The van der Waals surface area contributed by atoms with Gasteiger partial charge < -0.3 is 0 Å². The second-order valence-electron chi connectivity index (χ2n) is 2.20. The van der Waals surface area contributed by atoms with E-state index in [4.69, 9.17) is 0 Å². The summed E-state index contributed by atoms with van der Waals surface area (Å²) in [6, 6.07) is 0. The van der Waals surface area contributed by atoms with Gasteiger partial charge in [-0.15, -0.1) is 0 Å². The summed E-state index contributed by atoms with van der Waals surface area (Å²) in [5.74, 6) is -15.7. The van der Waals surface area contributed by atoms with E-state index in [2.05, 4.69) is 0 Å². The minimum absolute atomic E-state index is 2.62. The van der Waals surface area contributed by atoms with Crippen molar-refractivity contribution in [3.63, 3.8) is 0 Å². The zero-order valence-corrected chi connectivity index (χ0v) is 6.15. The molecule has 0 unspecified atom stereocenters. The number of hydrogen-bond acceptors (Lipinski definition) is 0. The highest BCUT2D eigenvalue weighted by Crippen LogP contribution is 2.41. The first kappa shape index (κ1) is 10.7. The quantitative estimate of drug-likeness (QED) is 0.425. The van der Waals surface area contributed by atoms with Gasteiger partial charge in [-0.1, -0.05) is 0 Å². The predicted molar refractivity (Wildman–Crippen MR) is 32.1 cm³/mol. The third-order valence-corrected chi connectivity index (χ3v) is 1.35. The summed E-state index contributed by atoms with van der Waals surface area (Å²) in [5.41, 5.74) is 0. The first-order valence-corrected chi connectivity index (χ1v) is 3.07. The molecule has 78 valence electrons. The standard InChI is InChI=1S/C7F7/c8-1-2(9)4(11)6(13)7(14)5(12)3(1)10/q-1. The fourth-order valence-electron chi connectivity index (χ4n) is 0.674. The molecule has 14 heavy (non-hydrogen) atoms. The van der Waals surface area contributed by atoms with Crippen LogP contribution >= 0.6 is 0 Å². The number of rotatable bonds is 0. The van der Waals surface area contributed by atoms with Crippen LogP contribution in [0.5, 0.6) is 0 Å². The Balaban J connectivity index is 3.46. The van der Waals surface area contributed by atoms with E-state index in [-0.39, 0.29) is 0 Å². The fourth-order valence-corrected chi connectivity index (χ4v) is 0.674. The van der Waals surface area contributed by atoms with Crippen molar-refractivity contribution in [1.82, 2.24) is 0 Å². The lowest BCUT2D eigenvalue weighted by Gasteiger charge is -2.09. The van der Waals surface area contributed by atoms with Gasteiger partial charge in [-0.05, 0) is 0 Å². The van der Waals surface area contributed by atoms with E-state index >= 15 is 0 Å². The van der Waals surface area contributed by atoms with Gasteiger partial charge in [0.2, 0.25) is 0 Å². The maximum Gasteiger partial charge on any atom is 0.133 e. The van der Waals surface area contributed by atoms with E-state index in [1.165, 1.54) is 0 Å². The third-order valence-electron chi connectivity index (χ3n) is 1.35. The molecule has 0 amide bonds. The Morgan fingerprint density at radius 2 is 0.857 bits per heavy atom. The minimum Gasteiger partial charge on any atom is -0.278 e. The van der Waals surface area contributed by atoms with Gasteiger partial charge in [0.15, 0.2) is 0 Å². The highest BCUT2D eigenvalue weighted by molar-refractivity contribution is 5.46. The van der Waals surface area contributed by atoms with Crippen molar-refractivity contribution >= 4 is 0 Å². The molecule has 0 radical (unpaired) electrons.